The molecule has 0 saturated carbocycles. The van der Waals surface area contributed by atoms with E-state index in [4.69, 9.17) is 0 Å². The zero-order chi connectivity index (χ0) is 8.39. The first-order valence-corrected chi connectivity index (χ1v) is 3.66. The molecule has 60 valence electrons. The van der Waals surface area contributed by atoms with Crippen LogP contribution in [0.15, 0.2) is 42.7 Å². The Bertz CT molecular complexity index is 368. The van der Waals surface area contributed by atoms with Gasteiger partial charge in [0, 0.05) is 12.4 Å². The van der Waals surface area contributed by atoms with Crippen molar-refractivity contribution in [3.05, 3.63) is 42.7 Å². The van der Waals surface area contributed by atoms with Gasteiger partial charge < -0.3 is 5.11 Å². The van der Waals surface area contributed by atoms with Gasteiger partial charge in [-0.2, -0.15) is 5.10 Å². The molecule has 0 radical (unpaired) electrons. The van der Waals surface area contributed by atoms with Crippen LogP contribution in [0.5, 0.6) is 5.75 Å². The van der Waals surface area contributed by atoms with Crippen molar-refractivity contribution in [2.75, 3.05) is 0 Å². The standard InChI is InChI=1S/C9H8N2O/c12-9-5-2-1-4-8(9)11-7-3-6-10-11/h1-7,12H. The quantitative estimate of drug-likeness (QED) is 0.687. The lowest BCUT2D eigenvalue weighted by Gasteiger charge is -2.02. The molecule has 0 aliphatic rings. The molecule has 2 rings (SSSR count). The third-order valence-electron chi connectivity index (χ3n) is 1.63. The Morgan fingerprint density at radius 1 is 1.17 bits per heavy atom. The Balaban J connectivity index is 2.55. The van der Waals surface area contributed by atoms with Crippen LogP contribution in [0.25, 0.3) is 5.69 Å². The lowest BCUT2D eigenvalue weighted by Crippen LogP contribution is -1.93. The van der Waals surface area contributed by atoms with Crippen molar-refractivity contribution in [3.63, 3.8) is 0 Å². The first-order valence-electron chi connectivity index (χ1n) is 3.66. The molecule has 0 bridgehead atoms. The fourth-order valence-electron chi connectivity index (χ4n) is 1.07. The number of para-hydroxylation sites is 2. The molecule has 0 unspecified atom stereocenters. The first-order chi connectivity index (χ1) is 5.88. The minimum absolute atomic E-state index is 0.237. The molecule has 0 saturated heterocycles. The molecule has 3 heteroatoms. The fraction of sp³-hybridized carbons (Fsp3) is 0. The van der Waals surface area contributed by atoms with Crippen LogP contribution in [0.4, 0.5) is 0 Å². The van der Waals surface area contributed by atoms with E-state index in [1.807, 2.05) is 18.2 Å². The van der Waals surface area contributed by atoms with E-state index in [1.54, 1.807) is 29.2 Å². The van der Waals surface area contributed by atoms with E-state index in [-0.39, 0.29) is 5.75 Å². The molecule has 1 aromatic heterocycles. The molecule has 0 fully saturated rings. The number of phenols is 1. The smallest absolute Gasteiger partial charge is 0.141 e. The first kappa shape index (κ1) is 6.91. The van der Waals surface area contributed by atoms with Gasteiger partial charge in [-0.15, -0.1) is 0 Å². The summed E-state index contributed by atoms with van der Waals surface area (Å²) < 4.78 is 1.62. The third kappa shape index (κ3) is 1.05. The summed E-state index contributed by atoms with van der Waals surface area (Å²) >= 11 is 0. The van der Waals surface area contributed by atoms with E-state index in [9.17, 15) is 5.11 Å². The van der Waals surface area contributed by atoms with Gasteiger partial charge in [-0.1, -0.05) is 12.1 Å². The summed E-state index contributed by atoms with van der Waals surface area (Å²) in [6, 6.07) is 8.89. The summed E-state index contributed by atoms with van der Waals surface area (Å²) in [7, 11) is 0. The number of hydrogen-bond donors (Lipinski definition) is 1. The molecule has 2 aromatic rings. The largest absolute Gasteiger partial charge is 0.506 e. The summed E-state index contributed by atoms with van der Waals surface area (Å²) in [5.41, 5.74) is 0.697. The van der Waals surface area contributed by atoms with Gasteiger partial charge in [-0.05, 0) is 18.2 Å². The highest BCUT2D eigenvalue weighted by Crippen LogP contribution is 2.18. The van der Waals surface area contributed by atoms with E-state index in [0.717, 1.165) is 0 Å². The van der Waals surface area contributed by atoms with Crippen LogP contribution in [0.3, 0.4) is 0 Å². The fourth-order valence-corrected chi connectivity index (χ4v) is 1.07. The highest BCUT2D eigenvalue weighted by atomic mass is 16.3. The Hall–Kier alpha value is -1.77. The SMILES string of the molecule is Oc1ccccc1-n1cccn1. The number of nitrogens with zero attached hydrogens (tertiary/aromatic N) is 2. The number of benzene rings is 1. The third-order valence-corrected chi connectivity index (χ3v) is 1.63. The highest BCUT2D eigenvalue weighted by Gasteiger charge is 1.99. The molecule has 0 aliphatic heterocycles. The van der Waals surface area contributed by atoms with Crippen molar-refractivity contribution in [2.24, 2.45) is 0 Å². The summed E-state index contributed by atoms with van der Waals surface area (Å²) in [6.07, 6.45) is 3.46. The van der Waals surface area contributed by atoms with Gasteiger partial charge in [0.1, 0.15) is 11.4 Å². The van der Waals surface area contributed by atoms with Crippen molar-refractivity contribution in [1.29, 1.82) is 0 Å². The Morgan fingerprint density at radius 2 is 2.00 bits per heavy atom. The average molecular weight is 160 g/mol. The molecule has 12 heavy (non-hydrogen) atoms. The molecule has 3 nitrogen and oxygen atoms in total. The van der Waals surface area contributed by atoms with E-state index < -0.39 is 0 Å². The minimum Gasteiger partial charge on any atom is -0.506 e. The number of hydrogen-bond acceptors (Lipinski definition) is 2. The lowest BCUT2D eigenvalue weighted by atomic mass is 10.3. The highest BCUT2D eigenvalue weighted by molar-refractivity contribution is 5.44. The van der Waals surface area contributed by atoms with Crippen molar-refractivity contribution in [2.45, 2.75) is 0 Å². The number of rotatable bonds is 1. The van der Waals surface area contributed by atoms with Crippen molar-refractivity contribution >= 4 is 0 Å². The number of phenolic OH excluding ortho intramolecular Hbond substituents is 1. The molecule has 0 amide bonds. The van der Waals surface area contributed by atoms with Gasteiger partial charge in [0.25, 0.3) is 0 Å². The Morgan fingerprint density at radius 3 is 2.67 bits per heavy atom. The van der Waals surface area contributed by atoms with Gasteiger partial charge in [-0.25, -0.2) is 4.68 Å². The van der Waals surface area contributed by atoms with E-state index >= 15 is 0 Å². The van der Waals surface area contributed by atoms with Crippen molar-refractivity contribution < 1.29 is 5.11 Å². The normalized spacial score (nSPS) is 10.0. The van der Waals surface area contributed by atoms with Crippen LogP contribution >= 0.6 is 0 Å². The second-order valence-corrected chi connectivity index (χ2v) is 2.44. The monoisotopic (exact) mass is 160 g/mol. The molecular weight excluding hydrogens is 152 g/mol. The zero-order valence-electron chi connectivity index (χ0n) is 6.38. The van der Waals surface area contributed by atoms with E-state index in [1.165, 1.54) is 0 Å². The van der Waals surface area contributed by atoms with Crippen LogP contribution in [0, 0.1) is 0 Å². The molecule has 0 spiro atoms. The molecule has 1 aromatic carbocycles. The van der Waals surface area contributed by atoms with E-state index in [0.29, 0.717) is 5.69 Å². The molecule has 0 aliphatic carbocycles. The number of aromatic hydroxyl groups is 1. The van der Waals surface area contributed by atoms with Crippen LogP contribution in [-0.4, -0.2) is 14.9 Å². The van der Waals surface area contributed by atoms with E-state index in [2.05, 4.69) is 5.10 Å². The van der Waals surface area contributed by atoms with Crippen LogP contribution < -0.4 is 0 Å². The molecule has 0 atom stereocenters. The topological polar surface area (TPSA) is 38.0 Å². The minimum atomic E-state index is 0.237. The van der Waals surface area contributed by atoms with Crippen LogP contribution in [-0.2, 0) is 0 Å². The summed E-state index contributed by atoms with van der Waals surface area (Å²) in [4.78, 5) is 0. The zero-order valence-corrected chi connectivity index (χ0v) is 6.38. The van der Waals surface area contributed by atoms with Gasteiger partial charge in [0.05, 0.1) is 0 Å². The second kappa shape index (κ2) is 2.70. The van der Waals surface area contributed by atoms with Gasteiger partial charge >= 0.3 is 0 Å². The van der Waals surface area contributed by atoms with Crippen molar-refractivity contribution in [1.82, 2.24) is 9.78 Å². The van der Waals surface area contributed by atoms with Crippen LogP contribution in [0.2, 0.25) is 0 Å². The predicted octanol–water partition coefficient (Wildman–Crippen LogP) is 1.58. The molecule has 1 N–H and O–H groups in total. The second-order valence-electron chi connectivity index (χ2n) is 2.44. The summed E-state index contributed by atoms with van der Waals surface area (Å²) in [6.45, 7) is 0. The summed E-state index contributed by atoms with van der Waals surface area (Å²) in [5, 5.41) is 13.4. The maximum atomic E-state index is 9.42. The van der Waals surface area contributed by atoms with Crippen molar-refractivity contribution in [3.8, 4) is 11.4 Å². The predicted molar refractivity (Wildman–Crippen MR) is 45.2 cm³/mol. The number of aromatic nitrogens is 2. The molecule has 1 heterocycles. The average Bonchev–Trinajstić information content (AvgIpc) is 2.57. The van der Waals surface area contributed by atoms with Gasteiger partial charge in [0.15, 0.2) is 0 Å². The summed E-state index contributed by atoms with van der Waals surface area (Å²) in [5.74, 6) is 0.237. The maximum Gasteiger partial charge on any atom is 0.141 e. The Labute approximate surface area is 69.9 Å². The maximum absolute atomic E-state index is 9.42. The van der Waals surface area contributed by atoms with Crippen LogP contribution in [0.1, 0.15) is 0 Å². The molecular formula is C9H8N2O. The van der Waals surface area contributed by atoms with Gasteiger partial charge in [0.2, 0.25) is 0 Å². The lowest BCUT2D eigenvalue weighted by molar-refractivity contribution is 0.470. The Kier molecular flexibility index (Phi) is 1.55. The van der Waals surface area contributed by atoms with Gasteiger partial charge in [-0.3, -0.25) is 0 Å².